The summed E-state index contributed by atoms with van der Waals surface area (Å²) in [7, 11) is 0. The summed E-state index contributed by atoms with van der Waals surface area (Å²) in [5.41, 5.74) is 2.38. The summed E-state index contributed by atoms with van der Waals surface area (Å²) in [6, 6.07) is 32.8. The van der Waals surface area contributed by atoms with Crippen LogP contribution in [0.25, 0.3) is 11.1 Å². The van der Waals surface area contributed by atoms with Crippen molar-refractivity contribution in [2.24, 2.45) is 0 Å². The van der Waals surface area contributed by atoms with Crippen molar-refractivity contribution in [1.82, 2.24) is 0 Å². The van der Waals surface area contributed by atoms with E-state index in [-0.39, 0.29) is 0 Å². The van der Waals surface area contributed by atoms with Gasteiger partial charge in [0.1, 0.15) is 0 Å². The first-order valence-electron chi connectivity index (χ1n) is 8.75. The zero-order valence-corrected chi connectivity index (χ0v) is 18.0. The van der Waals surface area contributed by atoms with E-state index >= 15 is 0 Å². The highest BCUT2D eigenvalue weighted by molar-refractivity contribution is 7.99. The van der Waals surface area contributed by atoms with E-state index in [4.69, 9.17) is 23.2 Å². The van der Waals surface area contributed by atoms with Gasteiger partial charge in [-0.25, -0.2) is 0 Å². The van der Waals surface area contributed by atoms with Crippen LogP contribution in [0.3, 0.4) is 0 Å². The third-order valence-corrected chi connectivity index (χ3v) is 7.29. The summed E-state index contributed by atoms with van der Waals surface area (Å²) >= 11 is 16.0. The molecule has 4 aromatic rings. The van der Waals surface area contributed by atoms with Crippen molar-refractivity contribution in [1.29, 1.82) is 0 Å². The monoisotopic (exact) mass is 438 g/mol. The molecule has 0 aromatic heterocycles. The van der Waals surface area contributed by atoms with E-state index in [1.807, 2.05) is 48.5 Å². The van der Waals surface area contributed by atoms with Crippen molar-refractivity contribution in [3.05, 3.63) is 107 Å². The number of hydrogen-bond acceptors (Lipinski definition) is 2. The van der Waals surface area contributed by atoms with Crippen LogP contribution in [0.4, 0.5) is 0 Å². The van der Waals surface area contributed by atoms with Gasteiger partial charge < -0.3 is 0 Å². The van der Waals surface area contributed by atoms with Gasteiger partial charge in [-0.2, -0.15) is 0 Å². The Morgan fingerprint density at radius 3 is 1.57 bits per heavy atom. The molecule has 4 aromatic carbocycles. The maximum Gasteiger partial charge on any atom is 0.0545 e. The van der Waals surface area contributed by atoms with Gasteiger partial charge in [0, 0.05) is 19.6 Å². The Bertz CT molecular complexity index is 1090. The van der Waals surface area contributed by atoms with Crippen LogP contribution in [0.5, 0.6) is 0 Å². The fourth-order valence-corrected chi connectivity index (χ4v) is 5.13. The van der Waals surface area contributed by atoms with Gasteiger partial charge in [-0.3, -0.25) is 0 Å². The lowest BCUT2D eigenvalue weighted by Crippen LogP contribution is -1.84. The van der Waals surface area contributed by atoms with Crippen molar-refractivity contribution in [2.75, 3.05) is 0 Å². The average Bonchev–Trinajstić information content (AvgIpc) is 2.73. The van der Waals surface area contributed by atoms with Crippen LogP contribution in [-0.4, -0.2) is 0 Å². The summed E-state index contributed by atoms with van der Waals surface area (Å²) < 4.78 is 0. The largest absolute Gasteiger partial charge is 0.0885 e. The zero-order valence-electron chi connectivity index (χ0n) is 14.8. The second-order valence-corrected chi connectivity index (χ2v) is 9.10. The fourth-order valence-electron chi connectivity index (χ4n) is 2.80. The van der Waals surface area contributed by atoms with Crippen LogP contribution >= 0.6 is 46.7 Å². The summed E-state index contributed by atoms with van der Waals surface area (Å²) in [6.07, 6.45) is 0. The van der Waals surface area contributed by atoms with Gasteiger partial charge >= 0.3 is 0 Å². The van der Waals surface area contributed by atoms with Crippen molar-refractivity contribution in [3.63, 3.8) is 0 Å². The molecule has 0 N–H and O–H groups in total. The van der Waals surface area contributed by atoms with Gasteiger partial charge in [0.25, 0.3) is 0 Å². The van der Waals surface area contributed by atoms with Gasteiger partial charge in [-0.05, 0) is 53.6 Å². The molecule has 0 bridgehead atoms. The lowest BCUT2D eigenvalue weighted by atomic mass is 10.1. The SMILES string of the molecule is Clc1ccccc1Sc1ccc(-c2ccccc2Sc2ccccc2Cl)cc1. The van der Waals surface area contributed by atoms with Crippen LogP contribution in [-0.2, 0) is 0 Å². The Hall–Kier alpha value is -1.84. The van der Waals surface area contributed by atoms with Gasteiger partial charge in [0.15, 0.2) is 0 Å². The molecule has 0 heterocycles. The topological polar surface area (TPSA) is 0 Å². The van der Waals surface area contributed by atoms with E-state index in [0.29, 0.717) is 0 Å². The molecular weight excluding hydrogens is 423 g/mol. The molecule has 0 nitrogen and oxygen atoms in total. The minimum Gasteiger partial charge on any atom is -0.0885 e. The first kappa shape index (κ1) is 19.5. The van der Waals surface area contributed by atoms with Crippen molar-refractivity contribution >= 4 is 46.7 Å². The van der Waals surface area contributed by atoms with Gasteiger partial charge in [-0.15, -0.1) is 0 Å². The van der Waals surface area contributed by atoms with Gasteiger partial charge in [-0.1, -0.05) is 101 Å². The number of halogens is 2. The molecule has 28 heavy (non-hydrogen) atoms. The molecule has 138 valence electrons. The van der Waals surface area contributed by atoms with E-state index in [2.05, 4.69) is 48.5 Å². The summed E-state index contributed by atoms with van der Waals surface area (Å²) in [5.74, 6) is 0. The molecule has 4 heteroatoms. The maximum atomic E-state index is 6.35. The van der Waals surface area contributed by atoms with E-state index in [9.17, 15) is 0 Å². The quantitative estimate of drug-likeness (QED) is 0.304. The van der Waals surface area contributed by atoms with Crippen LogP contribution in [0.2, 0.25) is 10.0 Å². The van der Waals surface area contributed by atoms with E-state index in [1.165, 1.54) is 16.0 Å². The van der Waals surface area contributed by atoms with Crippen molar-refractivity contribution in [2.45, 2.75) is 19.6 Å². The molecule has 4 rings (SSSR count). The molecule has 0 unspecified atom stereocenters. The Morgan fingerprint density at radius 1 is 0.464 bits per heavy atom. The molecule has 0 amide bonds. The Labute approximate surface area is 183 Å². The smallest absolute Gasteiger partial charge is 0.0545 e. The lowest BCUT2D eigenvalue weighted by Gasteiger charge is -2.11. The van der Waals surface area contributed by atoms with Gasteiger partial charge in [0.2, 0.25) is 0 Å². The molecule has 0 aliphatic rings. The van der Waals surface area contributed by atoms with Crippen LogP contribution in [0, 0.1) is 0 Å². The summed E-state index contributed by atoms with van der Waals surface area (Å²) in [4.78, 5) is 4.46. The van der Waals surface area contributed by atoms with Crippen LogP contribution < -0.4 is 0 Å². The second kappa shape index (κ2) is 9.11. The van der Waals surface area contributed by atoms with Crippen molar-refractivity contribution in [3.8, 4) is 11.1 Å². The number of rotatable bonds is 5. The van der Waals surface area contributed by atoms with E-state index in [1.54, 1.807) is 23.5 Å². The highest BCUT2D eigenvalue weighted by Gasteiger charge is 2.09. The van der Waals surface area contributed by atoms with Crippen LogP contribution in [0.1, 0.15) is 0 Å². The molecule has 0 aliphatic carbocycles. The zero-order chi connectivity index (χ0) is 19.3. The third-order valence-electron chi connectivity index (χ3n) is 4.17. The number of benzene rings is 4. The molecule has 0 saturated heterocycles. The average molecular weight is 439 g/mol. The Morgan fingerprint density at radius 2 is 0.964 bits per heavy atom. The van der Waals surface area contributed by atoms with E-state index < -0.39 is 0 Å². The van der Waals surface area contributed by atoms with Crippen molar-refractivity contribution < 1.29 is 0 Å². The summed E-state index contributed by atoms with van der Waals surface area (Å²) in [6.45, 7) is 0. The molecular formula is C24H16Cl2S2. The lowest BCUT2D eigenvalue weighted by molar-refractivity contribution is 1.37. The predicted octanol–water partition coefficient (Wildman–Crippen LogP) is 8.96. The predicted molar refractivity (Wildman–Crippen MR) is 123 cm³/mol. The molecule has 0 atom stereocenters. The Kier molecular flexibility index (Phi) is 6.33. The standard InChI is InChI=1S/C24H16Cl2S2/c25-20-8-2-5-11-23(20)27-18-15-13-17(14-16-18)19-7-1-4-10-22(19)28-24-12-6-3-9-21(24)26/h1-16H. The summed E-state index contributed by atoms with van der Waals surface area (Å²) in [5, 5.41) is 1.55. The molecule has 0 fully saturated rings. The minimum atomic E-state index is 0.772. The van der Waals surface area contributed by atoms with E-state index in [0.717, 1.165) is 24.7 Å². The Balaban J connectivity index is 1.60. The highest BCUT2D eigenvalue weighted by Crippen LogP contribution is 2.40. The first-order chi connectivity index (χ1) is 13.7. The third kappa shape index (κ3) is 4.59. The molecule has 0 spiro atoms. The normalized spacial score (nSPS) is 10.8. The number of hydrogen-bond donors (Lipinski definition) is 0. The fraction of sp³-hybridized carbons (Fsp3) is 0. The van der Waals surface area contributed by atoms with Crippen LogP contribution in [0.15, 0.2) is 117 Å². The molecule has 0 saturated carbocycles. The minimum absolute atomic E-state index is 0.772. The maximum absolute atomic E-state index is 6.35. The first-order valence-corrected chi connectivity index (χ1v) is 11.1. The van der Waals surface area contributed by atoms with Gasteiger partial charge in [0.05, 0.1) is 10.0 Å². The second-order valence-electron chi connectivity index (χ2n) is 6.09. The molecule has 0 radical (unpaired) electrons. The highest BCUT2D eigenvalue weighted by atomic mass is 35.5. The molecule has 0 aliphatic heterocycles.